The largest absolute Gasteiger partial charge is 0.472 e. The fraction of sp³-hybridized carbons (Fsp3) is 0.592. The highest BCUT2D eigenvalue weighted by atomic mass is 31.2. The minimum Gasteiger partial charge on any atom is -0.462 e. The van der Waals surface area contributed by atoms with Crippen molar-refractivity contribution in [2.75, 3.05) is 13.2 Å². The molecule has 63 heavy (non-hydrogen) atoms. The molecule has 0 bridgehead atoms. The summed E-state index contributed by atoms with van der Waals surface area (Å²) in [7, 11) is -5.15. The maximum atomic E-state index is 12.8. The number of aliphatic hydroxyl groups is 5. The number of phosphoric acid groups is 1. The fourth-order valence-corrected chi connectivity index (χ4v) is 7.00. The van der Waals surface area contributed by atoms with Gasteiger partial charge in [0.15, 0.2) is 6.10 Å². The number of phosphoric ester groups is 1. The van der Waals surface area contributed by atoms with Gasteiger partial charge >= 0.3 is 19.8 Å². The monoisotopic (exact) mass is 905 g/mol. The molecule has 1 rings (SSSR count). The lowest BCUT2D eigenvalue weighted by Crippen LogP contribution is -2.64. The predicted molar refractivity (Wildman–Crippen MR) is 248 cm³/mol. The maximum Gasteiger partial charge on any atom is 0.472 e. The number of carbonyl (C=O) groups excluding carboxylic acids is 2. The van der Waals surface area contributed by atoms with Crippen LogP contribution in [0.25, 0.3) is 0 Å². The number of aliphatic hydroxyl groups excluding tert-OH is 5. The Hall–Kier alpha value is -3.49. The third-order valence-corrected chi connectivity index (χ3v) is 10.6. The molecule has 0 radical (unpaired) electrons. The zero-order valence-corrected chi connectivity index (χ0v) is 38.5. The second kappa shape index (κ2) is 37.8. The molecule has 1 aliphatic carbocycles. The van der Waals surface area contributed by atoms with Gasteiger partial charge in [-0.2, -0.15) is 0 Å². The molecule has 0 aromatic heterocycles. The molecule has 1 saturated carbocycles. The first-order valence-electron chi connectivity index (χ1n) is 22.7. The number of allylic oxidation sites excluding steroid dienone is 18. The van der Waals surface area contributed by atoms with Gasteiger partial charge in [0.25, 0.3) is 0 Å². The first-order chi connectivity index (χ1) is 30.4. The van der Waals surface area contributed by atoms with Gasteiger partial charge in [-0.3, -0.25) is 18.6 Å². The van der Waals surface area contributed by atoms with E-state index in [9.17, 15) is 44.6 Å². The van der Waals surface area contributed by atoms with Crippen molar-refractivity contribution in [2.24, 2.45) is 0 Å². The van der Waals surface area contributed by atoms with E-state index in [-0.39, 0.29) is 12.8 Å². The standard InChI is InChI=1S/C49H77O13P/c1-3-5-7-9-11-13-15-17-19-20-21-22-24-26-28-30-32-34-36-38-43(51)61-41(40-60-63(57,58)62-49-47(55)45(53)44(52)46(54)48(49)56)39-59-42(50)37-35-33-31-29-27-25-23-18-16-14-12-10-8-6-4-2/h5-8,11-14,17-19,21-23,26,28,32,34,41,44-49,52-56H,3-4,9-10,15-16,20,24-25,27,29-31,33,35-40H2,1-2H3,(H,57,58)/b7-5+,8-6+,13-11+,14-12+,19-17+,22-21+,23-18+,28-26+,34-32+/t41-,44?,45-,46?,47?,48?,49?/m1/s1. The molecule has 8 atom stereocenters. The summed E-state index contributed by atoms with van der Waals surface area (Å²) in [4.78, 5) is 35.7. The van der Waals surface area contributed by atoms with Crippen LogP contribution < -0.4 is 0 Å². The Kier molecular flexibility index (Phi) is 34.6. The van der Waals surface area contributed by atoms with Gasteiger partial charge in [-0.05, 0) is 83.5 Å². The molecule has 0 aromatic carbocycles. The molecule has 0 saturated heterocycles. The number of unbranched alkanes of at least 4 members (excludes halogenated alkanes) is 5. The molecular formula is C49H77O13P. The van der Waals surface area contributed by atoms with Crippen LogP contribution in [0.5, 0.6) is 0 Å². The van der Waals surface area contributed by atoms with Crippen LogP contribution in [0, 0.1) is 0 Å². The Morgan fingerprint density at radius 2 is 0.889 bits per heavy atom. The molecule has 0 spiro atoms. The lowest BCUT2D eigenvalue weighted by atomic mass is 9.85. The van der Waals surface area contributed by atoms with Crippen LogP contribution >= 0.6 is 7.82 Å². The first kappa shape index (κ1) is 57.5. The molecule has 6 N–H and O–H groups in total. The third kappa shape index (κ3) is 30.3. The zero-order chi connectivity index (χ0) is 46.4. The van der Waals surface area contributed by atoms with Gasteiger partial charge in [-0.15, -0.1) is 0 Å². The van der Waals surface area contributed by atoms with Crippen molar-refractivity contribution >= 4 is 19.8 Å². The average molecular weight is 905 g/mol. The zero-order valence-electron chi connectivity index (χ0n) is 37.6. The number of rotatable bonds is 35. The summed E-state index contributed by atoms with van der Waals surface area (Å²) in [5.74, 6) is -1.23. The third-order valence-electron chi connectivity index (χ3n) is 9.62. The minimum absolute atomic E-state index is 0.0394. The van der Waals surface area contributed by atoms with Crippen LogP contribution in [-0.4, -0.2) is 98.3 Å². The molecule has 14 heteroatoms. The Balaban J connectivity index is 2.55. The van der Waals surface area contributed by atoms with Crippen LogP contribution in [-0.2, 0) is 32.7 Å². The average Bonchev–Trinajstić information content (AvgIpc) is 3.26. The van der Waals surface area contributed by atoms with E-state index in [0.29, 0.717) is 19.3 Å². The minimum atomic E-state index is -5.15. The van der Waals surface area contributed by atoms with Crippen LogP contribution in [0.2, 0.25) is 0 Å². The quantitative estimate of drug-likeness (QED) is 0.0152. The molecule has 356 valence electrons. The molecule has 6 unspecified atom stereocenters. The van der Waals surface area contributed by atoms with E-state index >= 15 is 0 Å². The van der Waals surface area contributed by atoms with Gasteiger partial charge in [-0.1, -0.05) is 142 Å². The van der Waals surface area contributed by atoms with Gasteiger partial charge in [-0.25, -0.2) is 4.57 Å². The molecular weight excluding hydrogens is 828 g/mol. The van der Waals surface area contributed by atoms with Crippen molar-refractivity contribution in [3.63, 3.8) is 0 Å². The second-order valence-electron chi connectivity index (χ2n) is 15.1. The summed E-state index contributed by atoms with van der Waals surface area (Å²) in [6, 6.07) is 0. The summed E-state index contributed by atoms with van der Waals surface area (Å²) in [6.45, 7) is 2.97. The molecule has 0 aliphatic heterocycles. The maximum absolute atomic E-state index is 12.8. The predicted octanol–water partition coefficient (Wildman–Crippen LogP) is 8.83. The van der Waals surface area contributed by atoms with Crippen molar-refractivity contribution in [1.29, 1.82) is 0 Å². The number of hydrogen-bond donors (Lipinski definition) is 6. The van der Waals surface area contributed by atoms with Crippen molar-refractivity contribution in [2.45, 2.75) is 172 Å². The van der Waals surface area contributed by atoms with E-state index in [2.05, 4.69) is 105 Å². The van der Waals surface area contributed by atoms with Gasteiger partial charge in [0, 0.05) is 12.8 Å². The van der Waals surface area contributed by atoms with Crippen LogP contribution in [0.4, 0.5) is 0 Å². The normalized spacial score (nSPS) is 22.7. The number of ether oxygens (including phenoxy) is 2. The summed E-state index contributed by atoms with van der Waals surface area (Å²) in [5.41, 5.74) is 0. The SMILES string of the molecule is CC/C=C/C/C=C/C/C=C/C/C=C/C/C=C/C/C=C/CCC(=O)O[C@H](COC(=O)CCCCCCC/C=C/C/C=C/C/C=C/CC)COP(=O)(O)OC1C(O)C(O)C(O)[C@@H](O)C1O. The van der Waals surface area contributed by atoms with E-state index in [1.807, 2.05) is 18.2 Å². The molecule has 1 aliphatic rings. The van der Waals surface area contributed by atoms with Gasteiger partial charge in [0.05, 0.1) is 6.61 Å². The van der Waals surface area contributed by atoms with Crippen LogP contribution in [0.1, 0.15) is 129 Å². The molecule has 1 fully saturated rings. The molecule has 0 aromatic rings. The highest BCUT2D eigenvalue weighted by Gasteiger charge is 2.51. The Labute approximate surface area is 376 Å². The topological polar surface area (TPSA) is 210 Å². The second-order valence-corrected chi connectivity index (χ2v) is 16.5. The van der Waals surface area contributed by atoms with E-state index in [1.165, 1.54) is 0 Å². The molecule has 0 amide bonds. The Morgan fingerprint density at radius 1 is 0.492 bits per heavy atom. The van der Waals surface area contributed by atoms with E-state index in [4.69, 9.17) is 18.5 Å². The highest BCUT2D eigenvalue weighted by molar-refractivity contribution is 7.47. The van der Waals surface area contributed by atoms with Crippen molar-refractivity contribution in [1.82, 2.24) is 0 Å². The smallest absolute Gasteiger partial charge is 0.462 e. The van der Waals surface area contributed by atoms with Crippen LogP contribution in [0.3, 0.4) is 0 Å². The summed E-state index contributed by atoms with van der Waals surface area (Å²) in [5, 5.41) is 50.1. The Morgan fingerprint density at radius 3 is 1.37 bits per heavy atom. The van der Waals surface area contributed by atoms with E-state index < -0.39 is 75.7 Å². The summed E-state index contributed by atoms with van der Waals surface area (Å²) >= 11 is 0. The van der Waals surface area contributed by atoms with Crippen molar-refractivity contribution < 1.29 is 63.1 Å². The number of esters is 2. The summed E-state index contributed by atoms with van der Waals surface area (Å²) in [6.07, 6.45) is 38.7. The van der Waals surface area contributed by atoms with E-state index in [1.54, 1.807) is 0 Å². The van der Waals surface area contributed by atoms with Crippen molar-refractivity contribution in [3.05, 3.63) is 109 Å². The lowest BCUT2D eigenvalue weighted by Gasteiger charge is -2.41. The van der Waals surface area contributed by atoms with Gasteiger partial charge < -0.3 is 39.9 Å². The van der Waals surface area contributed by atoms with Crippen LogP contribution in [0.15, 0.2) is 109 Å². The Bertz CT molecular complexity index is 1510. The number of hydrogen-bond acceptors (Lipinski definition) is 12. The number of carbonyl (C=O) groups is 2. The summed E-state index contributed by atoms with van der Waals surface area (Å²) < 4.78 is 33.4. The fourth-order valence-electron chi connectivity index (χ4n) is 6.03. The van der Waals surface area contributed by atoms with Gasteiger partial charge in [0.2, 0.25) is 0 Å². The molecule has 0 heterocycles. The van der Waals surface area contributed by atoms with Crippen molar-refractivity contribution in [3.8, 4) is 0 Å². The highest BCUT2D eigenvalue weighted by Crippen LogP contribution is 2.47. The first-order valence-corrected chi connectivity index (χ1v) is 24.2. The molecule has 13 nitrogen and oxygen atoms in total. The van der Waals surface area contributed by atoms with E-state index in [0.717, 1.165) is 83.5 Å². The van der Waals surface area contributed by atoms with Gasteiger partial charge in [0.1, 0.15) is 43.2 Å². The lowest BCUT2D eigenvalue weighted by molar-refractivity contribution is -0.220.